The molecule has 1 saturated heterocycles. The van der Waals surface area contributed by atoms with Crippen LogP contribution in [0.25, 0.3) is 11.3 Å². The van der Waals surface area contributed by atoms with Crippen molar-refractivity contribution in [2.75, 3.05) is 18.7 Å². The Bertz CT molecular complexity index is 1080. The van der Waals surface area contributed by atoms with Crippen LogP contribution in [0.1, 0.15) is 39.0 Å². The maximum atomic E-state index is 13.0. The summed E-state index contributed by atoms with van der Waals surface area (Å²) in [4.78, 5) is 43.5. The lowest BCUT2D eigenvalue weighted by atomic mass is 9.75. The Morgan fingerprint density at radius 3 is 2.84 bits per heavy atom. The Balaban J connectivity index is 1.22. The van der Waals surface area contributed by atoms with E-state index in [9.17, 15) is 14.4 Å². The number of ether oxygens (including phenoxy) is 2. The molecule has 2 aromatic rings. The number of nitrogens with one attached hydrogen (secondary N) is 2. The van der Waals surface area contributed by atoms with Crippen LogP contribution < -0.4 is 20.1 Å². The molecule has 10 heteroatoms. The quantitative estimate of drug-likeness (QED) is 0.668. The summed E-state index contributed by atoms with van der Waals surface area (Å²) >= 11 is 1.27. The molecule has 0 radical (unpaired) electrons. The highest BCUT2D eigenvalue weighted by Crippen LogP contribution is 2.38. The summed E-state index contributed by atoms with van der Waals surface area (Å²) in [5, 5.41) is 7.77. The Kier molecular flexibility index (Phi) is 5.24. The summed E-state index contributed by atoms with van der Waals surface area (Å²) in [6.45, 7) is 2.01. The van der Waals surface area contributed by atoms with Crippen molar-refractivity contribution in [3.05, 3.63) is 23.6 Å². The van der Waals surface area contributed by atoms with Crippen molar-refractivity contribution in [1.82, 2.24) is 15.2 Å². The van der Waals surface area contributed by atoms with Gasteiger partial charge < -0.3 is 20.1 Å². The van der Waals surface area contributed by atoms with Crippen molar-refractivity contribution in [3.63, 3.8) is 0 Å². The largest absolute Gasteiger partial charge is 0.454 e. The van der Waals surface area contributed by atoms with Gasteiger partial charge in [0.05, 0.1) is 5.69 Å². The van der Waals surface area contributed by atoms with Crippen LogP contribution >= 0.6 is 11.3 Å². The molecule has 5 rings (SSSR count). The fourth-order valence-electron chi connectivity index (χ4n) is 4.56. The van der Waals surface area contributed by atoms with Crippen LogP contribution in [0.5, 0.6) is 11.5 Å². The average molecular weight is 457 g/mol. The van der Waals surface area contributed by atoms with E-state index in [2.05, 4.69) is 22.5 Å². The number of nitrogens with zero attached hydrogens (tertiary/aromatic N) is 2. The standard InChI is InChI=1S/C22H24N4O5S/c1-2-13-5-7-22(8-6-13)19(28)26(21(29)25-22)10-18(27)24-20-23-15(11-32-20)14-3-4-16-17(9-14)31-12-30-16/h3-4,9,11,13H,2,5-8,10,12H2,1H3,(H,25,29)(H,23,24,27). The van der Waals surface area contributed by atoms with E-state index in [1.54, 1.807) is 0 Å². The van der Waals surface area contributed by atoms with E-state index in [0.717, 1.165) is 29.7 Å². The van der Waals surface area contributed by atoms with Gasteiger partial charge in [-0.25, -0.2) is 9.78 Å². The zero-order valence-electron chi connectivity index (χ0n) is 17.7. The lowest BCUT2D eigenvalue weighted by Crippen LogP contribution is -2.49. The number of amides is 4. The molecule has 1 aromatic carbocycles. The molecule has 9 nitrogen and oxygen atoms in total. The summed E-state index contributed by atoms with van der Waals surface area (Å²) in [6.07, 6.45) is 4.14. The van der Waals surface area contributed by atoms with Gasteiger partial charge in [-0.3, -0.25) is 14.5 Å². The lowest BCUT2D eigenvalue weighted by molar-refractivity contribution is -0.135. The third-order valence-electron chi connectivity index (χ3n) is 6.50. The van der Waals surface area contributed by atoms with E-state index >= 15 is 0 Å². The summed E-state index contributed by atoms with van der Waals surface area (Å²) in [7, 11) is 0. The fraction of sp³-hybridized carbons (Fsp3) is 0.455. The van der Waals surface area contributed by atoms with Crippen LogP contribution in [-0.2, 0) is 9.59 Å². The monoisotopic (exact) mass is 456 g/mol. The second-order valence-corrected chi connectivity index (χ2v) is 9.27. The van der Waals surface area contributed by atoms with E-state index < -0.39 is 17.5 Å². The van der Waals surface area contributed by atoms with Gasteiger partial charge in [0, 0.05) is 10.9 Å². The Hall–Kier alpha value is -3.14. The van der Waals surface area contributed by atoms with Crippen molar-refractivity contribution in [2.45, 2.75) is 44.6 Å². The van der Waals surface area contributed by atoms with E-state index in [0.29, 0.717) is 41.1 Å². The van der Waals surface area contributed by atoms with Crippen molar-refractivity contribution in [1.29, 1.82) is 0 Å². The van der Waals surface area contributed by atoms with Crippen molar-refractivity contribution in [3.8, 4) is 22.8 Å². The molecule has 1 aliphatic carbocycles. The molecular weight excluding hydrogens is 432 g/mol. The second kappa shape index (κ2) is 8.09. The number of aromatic nitrogens is 1. The molecule has 3 aliphatic rings. The topological polar surface area (TPSA) is 110 Å². The van der Waals surface area contributed by atoms with Crippen molar-refractivity contribution in [2.24, 2.45) is 5.92 Å². The zero-order valence-corrected chi connectivity index (χ0v) is 18.5. The number of rotatable bonds is 5. The average Bonchev–Trinajstić information content (AvgIpc) is 3.50. The number of fused-ring (bicyclic) bond motifs is 1. The molecule has 168 valence electrons. The summed E-state index contributed by atoms with van der Waals surface area (Å²) < 4.78 is 10.7. The molecular formula is C22H24N4O5S. The number of anilines is 1. The molecule has 1 aromatic heterocycles. The Labute approximate surface area is 189 Å². The van der Waals surface area contributed by atoms with Crippen LogP contribution in [-0.4, -0.2) is 46.6 Å². The van der Waals surface area contributed by atoms with Gasteiger partial charge in [0.2, 0.25) is 12.7 Å². The fourth-order valence-corrected chi connectivity index (χ4v) is 5.30. The third-order valence-corrected chi connectivity index (χ3v) is 7.26. The molecule has 0 bridgehead atoms. The van der Waals surface area contributed by atoms with Gasteiger partial charge in [0.15, 0.2) is 16.6 Å². The van der Waals surface area contributed by atoms with Crippen LogP contribution in [0, 0.1) is 5.92 Å². The predicted octanol–water partition coefficient (Wildman–Crippen LogP) is 3.37. The number of carbonyl (C=O) groups excluding carboxylic acids is 3. The first kappa shape index (κ1) is 20.7. The van der Waals surface area contributed by atoms with Gasteiger partial charge in [0.25, 0.3) is 5.91 Å². The van der Waals surface area contributed by atoms with E-state index in [1.807, 2.05) is 23.6 Å². The molecule has 3 heterocycles. The highest BCUT2D eigenvalue weighted by atomic mass is 32.1. The first-order valence-corrected chi connectivity index (χ1v) is 11.6. The van der Waals surface area contributed by atoms with E-state index in [4.69, 9.17) is 9.47 Å². The minimum absolute atomic E-state index is 0.195. The SMILES string of the molecule is CCC1CCC2(CC1)NC(=O)N(CC(=O)Nc1nc(-c3ccc4c(c3)OCO4)cs1)C2=O. The van der Waals surface area contributed by atoms with Crippen molar-refractivity contribution >= 4 is 34.3 Å². The summed E-state index contributed by atoms with van der Waals surface area (Å²) in [6, 6.07) is 5.02. The lowest BCUT2D eigenvalue weighted by Gasteiger charge is -2.34. The van der Waals surface area contributed by atoms with Gasteiger partial charge in [-0.2, -0.15) is 0 Å². The molecule has 2 N–H and O–H groups in total. The number of benzene rings is 1. The zero-order chi connectivity index (χ0) is 22.3. The van der Waals surface area contributed by atoms with Gasteiger partial charge >= 0.3 is 6.03 Å². The van der Waals surface area contributed by atoms with E-state index in [1.165, 1.54) is 11.3 Å². The van der Waals surface area contributed by atoms with Crippen LogP contribution in [0.15, 0.2) is 23.6 Å². The van der Waals surface area contributed by atoms with Crippen LogP contribution in [0.4, 0.5) is 9.93 Å². The predicted molar refractivity (Wildman–Crippen MR) is 118 cm³/mol. The highest BCUT2D eigenvalue weighted by molar-refractivity contribution is 7.14. The molecule has 0 atom stereocenters. The van der Waals surface area contributed by atoms with Gasteiger partial charge in [-0.05, 0) is 49.8 Å². The van der Waals surface area contributed by atoms with Gasteiger partial charge in [0.1, 0.15) is 12.1 Å². The normalized spacial score (nSPS) is 24.2. The van der Waals surface area contributed by atoms with Crippen LogP contribution in [0.2, 0.25) is 0 Å². The molecule has 32 heavy (non-hydrogen) atoms. The maximum Gasteiger partial charge on any atom is 0.325 e. The van der Waals surface area contributed by atoms with Gasteiger partial charge in [-0.15, -0.1) is 11.3 Å². The maximum absolute atomic E-state index is 13.0. The minimum atomic E-state index is -0.850. The Morgan fingerprint density at radius 2 is 2.06 bits per heavy atom. The first-order chi connectivity index (χ1) is 15.5. The number of imide groups is 1. The minimum Gasteiger partial charge on any atom is -0.454 e. The Morgan fingerprint density at radius 1 is 1.28 bits per heavy atom. The van der Waals surface area contributed by atoms with Crippen molar-refractivity contribution < 1.29 is 23.9 Å². The summed E-state index contributed by atoms with van der Waals surface area (Å²) in [5.41, 5.74) is 0.673. The molecule has 2 fully saturated rings. The number of thiazole rings is 1. The van der Waals surface area contributed by atoms with Gasteiger partial charge in [-0.1, -0.05) is 13.3 Å². The molecule has 2 aliphatic heterocycles. The van der Waals surface area contributed by atoms with E-state index in [-0.39, 0.29) is 19.2 Å². The number of carbonyl (C=O) groups is 3. The number of urea groups is 1. The third kappa shape index (κ3) is 3.68. The summed E-state index contributed by atoms with van der Waals surface area (Å²) in [5.74, 6) is 1.17. The number of hydrogen-bond donors (Lipinski definition) is 2. The molecule has 1 saturated carbocycles. The smallest absolute Gasteiger partial charge is 0.325 e. The number of hydrogen-bond acceptors (Lipinski definition) is 7. The second-order valence-electron chi connectivity index (χ2n) is 8.41. The highest BCUT2D eigenvalue weighted by Gasteiger charge is 2.52. The first-order valence-electron chi connectivity index (χ1n) is 10.8. The molecule has 1 spiro atoms. The molecule has 4 amide bonds. The molecule has 0 unspecified atom stereocenters. The van der Waals surface area contributed by atoms with Crippen LogP contribution in [0.3, 0.4) is 0 Å².